The molecule has 0 bridgehead atoms. The minimum absolute atomic E-state index is 0.0479. The summed E-state index contributed by atoms with van der Waals surface area (Å²) in [6, 6.07) is 11.1. The second-order valence-electron chi connectivity index (χ2n) is 7.45. The molecule has 10 nitrogen and oxygen atoms in total. The van der Waals surface area contributed by atoms with Gasteiger partial charge in [0.1, 0.15) is 12.3 Å². The summed E-state index contributed by atoms with van der Waals surface area (Å²) < 4.78 is 34.7. The zero-order valence-corrected chi connectivity index (χ0v) is 18.0. The minimum Gasteiger partial charge on any atom is -0.483 e. The lowest BCUT2D eigenvalue weighted by Gasteiger charge is -2.08. The molecule has 0 atom stereocenters. The number of nitrogens with two attached hydrogens (primary N) is 1. The van der Waals surface area contributed by atoms with Gasteiger partial charge in [0.2, 0.25) is 0 Å². The van der Waals surface area contributed by atoms with Crippen LogP contribution in [0, 0.1) is 6.92 Å². The predicted octanol–water partition coefficient (Wildman–Crippen LogP) is 3.39. The van der Waals surface area contributed by atoms with Crippen LogP contribution < -0.4 is 10.5 Å². The fourth-order valence-corrected chi connectivity index (χ4v) is 3.54. The Labute approximate surface area is 192 Å². The lowest BCUT2D eigenvalue weighted by Crippen LogP contribution is -2.11. The molecule has 0 spiro atoms. The lowest BCUT2D eigenvalue weighted by molar-refractivity contribution is 0.0511. The van der Waals surface area contributed by atoms with Crippen LogP contribution >= 0.6 is 0 Å². The maximum atomic E-state index is 13.4. The second kappa shape index (κ2) is 8.81. The van der Waals surface area contributed by atoms with Crippen molar-refractivity contribution in [3.05, 3.63) is 71.9 Å². The average molecular weight is 463 g/mol. The van der Waals surface area contributed by atoms with Crippen molar-refractivity contribution in [1.82, 2.24) is 39.7 Å². The summed E-state index contributed by atoms with van der Waals surface area (Å²) >= 11 is 0. The number of fused-ring (bicyclic) bond motifs is 1. The Morgan fingerprint density at radius 1 is 1.12 bits per heavy atom. The smallest absolute Gasteiger partial charge is 0.334 e. The Morgan fingerprint density at radius 2 is 1.91 bits per heavy atom. The summed E-state index contributed by atoms with van der Waals surface area (Å²) in [5, 5.41) is 12.7. The van der Waals surface area contributed by atoms with Crippen molar-refractivity contribution in [1.29, 1.82) is 0 Å². The van der Waals surface area contributed by atoms with Crippen molar-refractivity contribution in [2.24, 2.45) is 0 Å². The number of rotatable bonds is 7. The van der Waals surface area contributed by atoms with Gasteiger partial charge >= 0.3 is 6.55 Å². The van der Waals surface area contributed by atoms with Crippen molar-refractivity contribution < 1.29 is 13.5 Å². The number of pyridine rings is 1. The number of hydrogen-bond donors (Lipinski definition) is 1. The first-order valence-corrected chi connectivity index (χ1v) is 10.3. The van der Waals surface area contributed by atoms with Crippen molar-refractivity contribution in [2.75, 3.05) is 5.73 Å². The van der Waals surface area contributed by atoms with Gasteiger partial charge in [-0.1, -0.05) is 23.4 Å². The van der Waals surface area contributed by atoms with E-state index in [0.717, 1.165) is 16.5 Å². The first-order valence-electron chi connectivity index (χ1n) is 10.3. The van der Waals surface area contributed by atoms with Crippen molar-refractivity contribution in [3.8, 4) is 17.3 Å². The van der Waals surface area contributed by atoms with E-state index in [4.69, 9.17) is 10.5 Å². The summed E-state index contributed by atoms with van der Waals surface area (Å²) in [5.74, 6) is 0.793. The van der Waals surface area contributed by atoms with Crippen LogP contribution in [-0.2, 0) is 13.2 Å². The van der Waals surface area contributed by atoms with E-state index in [2.05, 4.69) is 30.4 Å². The number of anilines is 1. The highest BCUT2D eigenvalue weighted by atomic mass is 19.3. The number of halogens is 2. The molecule has 0 amide bonds. The second-order valence-corrected chi connectivity index (χ2v) is 7.45. The minimum atomic E-state index is -2.81. The molecule has 0 saturated carbocycles. The SMILES string of the molecule is Cc1nnn(C(F)F)c1Cn1nc(-c2ncc(OCc3ccncc3)c(N)n2)c2ccccc21. The molecule has 4 heterocycles. The number of para-hydroxylation sites is 1. The fraction of sp³-hybridized carbons (Fsp3) is 0.182. The van der Waals surface area contributed by atoms with E-state index in [1.807, 2.05) is 36.4 Å². The van der Waals surface area contributed by atoms with Crippen LogP contribution in [0.4, 0.5) is 14.6 Å². The number of benzene rings is 1. The molecule has 172 valence electrons. The summed E-state index contributed by atoms with van der Waals surface area (Å²) in [6.07, 6.45) is 4.84. The van der Waals surface area contributed by atoms with E-state index in [1.54, 1.807) is 24.0 Å². The van der Waals surface area contributed by atoms with Gasteiger partial charge < -0.3 is 10.5 Å². The van der Waals surface area contributed by atoms with Gasteiger partial charge in [-0.3, -0.25) is 9.67 Å². The molecule has 0 radical (unpaired) electrons. The summed E-state index contributed by atoms with van der Waals surface area (Å²) in [6.45, 7) is -0.840. The molecule has 0 aliphatic rings. The normalized spacial score (nSPS) is 11.4. The Morgan fingerprint density at radius 3 is 2.68 bits per heavy atom. The van der Waals surface area contributed by atoms with Gasteiger partial charge in [-0.2, -0.15) is 18.6 Å². The molecule has 0 aliphatic carbocycles. The molecule has 0 saturated heterocycles. The van der Waals surface area contributed by atoms with Gasteiger partial charge in [0.15, 0.2) is 17.4 Å². The number of nitrogens with zero attached hydrogens (tertiary/aromatic N) is 8. The molecular formula is C22H19F2N9O. The lowest BCUT2D eigenvalue weighted by atomic mass is 10.2. The molecule has 0 unspecified atom stereocenters. The van der Waals surface area contributed by atoms with Crippen LogP contribution in [0.1, 0.15) is 23.5 Å². The van der Waals surface area contributed by atoms with Gasteiger partial charge in [-0.05, 0) is 30.7 Å². The first kappa shape index (κ1) is 21.4. The molecule has 5 aromatic rings. The fourth-order valence-electron chi connectivity index (χ4n) is 3.54. The zero-order valence-electron chi connectivity index (χ0n) is 18.0. The number of alkyl halides is 2. The van der Waals surface area contributed by atoms with Gasteiger partial charge in [0, 0.05) is 17.8 Å². The highest BCUT2D eigenvalue weighted by Gasteiger charge is 2.21. The van der Waals surface area contributed by atoms with E-state index in [-0.39, 0.29) is 24.7 Å². The van der Waals surface area contributed by atoms with Gasteiger partial charge in [-0.15, -0.1) is 5.10 Å². The van der Waals surface area contributed by atoms with E-state index < -0.39 is 6.55 Å². The number of ether oxygens (including phenoxy) is 1. The third-order valence-corrected chi connectivity index (χ3v) is 5.27. The van der Waals surface area contributed by atoms with E-state index in [9.17, 15) is 8.78 Å². The molecule has 2 N–H and O–H groups in total. The summed E-state index contributed by atoms with van der Waals surface area (Å²) in [5.41, 5.74) is 8.91. The zero-order chi connectivity index (χ0) is 23.7. The summed E-state index contributed by atoms with van der Waals surface area (Å²) in [4.78, 5) is 12.7. The number of aromatic nitrogens is 8. The van der Waals surface area contributed by atoms with Crippen LogP contribution in [0.5, 0.6) is 5.75 Å². The molecule has 0 fully saturated rings. The van der Waals surface area contributed by atoms with Crippen molar-refractivity contribution >= 4 is 16.7 Å². The van der Waals surface area contributed by atoms with Crippen LogP contribution in [0.3, 0.4) is 0 Å². The topological polar surface area (TPSA) is 122 Å². The van der Waals surface area contributed by atoms with Gasteiger partial charge in [0.05, 0.1) is 29.6 Å². The van der Waals surface area contributed by atoms with E-state index >= 15 is 0 Å². The van der Waals surface area contributed by atoms with Crippen LogP contribution in [-0.4, -0.2) is 39.7 Å². The van der Waals surface area contributed by atoms with Crippen molar-refractivity contribution in [2.45, 2.75) is 26.6 Å². The molecule has 34 heavy (non-hydrogen) atoms. The Balaban J connectivity index is 1.48. The maximum absolute atomic E-state index is 13.4. The molecule has 12 heteroatoms. The Hall–Kier alpha value is -4.48. The quantitative estimate of drug-likeness (QED) is 0.390. The van der Waals surface area contributed by atoms with Crippen LogP contribution in [0.15, 0.2) is 55.0 Å². The average Bonchev–Trinajstić information content (AvgIpc) is 3.40. The van der Waals surface area contributed by atoms with Crippen LogP contribution in [0.2, 0.25) is 0 Å². The highest BCUT2D eigenvalue weighted by Crippen LogP contribution is 2.29. The Kier molecular flexibility index (Phi) is 5.54. The van der Waals surface area contributed by atoms with Gasteiger partial charge in [0.25, 0.3) is 0 Å². The third-order valence-electron chi connectivity index (χ3n) is 5.27. The predicted molar refractivity (Wildman–Crippen MR) is 119 cm³/mol. The third kappa shape index (κ3) is 4.00. The largest absolute Gasteiger partial charge is 0.483 e. The number of hydrogen-bond acceptors (Lipinski definition) is 8. The number of aryl methyl sites for hydroxylation is 1. The van der Waals surface area contributed by atoms with E-state index in [0.29, 0.717) is 27.6 Å². The summed E-state index contributed by atoms with van der Waals surface area (Å²) in [7, 11) is 0. The Bertz CT molecular complexity index is 1450. The monoisotopic (exact) mass is 463 g/mol. The molecule has 4 aromatic heterocycles. The number of nitrogen functional groups attached to an aromatic ring is 1. The molecule has 0 aliphatic heterocycles. The van der Waals surface area contributed by atoms with Crippen molar-refractivity contribution in [3.63, 3.8) is 0 Å². The first-order chi connectivity index (χ1) is 16.5. The van der Waals surface area contributed by atoms with E-state index in [1.165, 1.54) is 6.20 Å². The molecular weight excluding hydrogens is 444 g/mol. The highest BCUT2D eigenvalue weighted by molar-refractivity contribution is 5.91. The molecule has 5 rings (SSSR count). The van der Waals surface area contributed by atoms with Crippen LogP contribution in [0.25, 0.3) is 22.4 Å². The van der Waals surface area contributed by atoms with Gasteiger partial charge in [-0.25, -0.2) is 9.97 Å². The molecule has 1 aromatic carbocycles. The maximum Gasteiger partial charge on any atom is 0.334 e. The standard InChI is InChI=1S/C22H19F2N9O/c1-13-17(33(22(23)24)31-29-13)11-32-16-5-3-2-4-15(16)19(30-32)21-27-10-18(20(25)28-21)34-12-14-6-8-26-9-7-14/h2-10,22H,11-12H2,1H3,(H2,25,27,28).